The average molecular weight is 539 g/mol. The largest absolute Gasteiger partial charge is 0.460 e. The van der Waals surface area contributed by atoms with Crippen molar-refractivity contribution in [2.24, 2.45) is 0 Å². The lowest BCUT2D eigenvalue weighted by Gasteiger charge is -2.44. The molecule has 9 heteroatoms. The van der Waals surface area contributed by atoms with Crippen LogP contribution < -0.4 is 10.1 Å². The maximum Gasteiger partial charge on any atom is 0.229 e. The number of carbonyl (C=O) groups excluding carboxylic acids is 1. The molecule has 1 aliphatic heterocycles. The van der Waals surface area contributed by atoms with Gasteiger partial charge in [-0.25, -0.2) is 0 Å². The molecule has 2 aromatic carbocycles. The van der Waals surface area contributed by atoms with Crippen LogP contribution in [0.5, 0.6) is 5.75 Å². The second-order valence-corrected chi connectivity index (χ2v) is 9.53. The van der Waals surface area contributed by atoms with E-state index in [-0.39, 0.29) is 12.4 Å². The van der Waals surface area contributed by atoms with Gasteiger partial charge in [0.05, 0.1) is 17.9 Å². The molecule has 0 spiro atoms. The Bertz CT molecular complexity index is 1270. The van der Waals surface area contributed by atoms with Crippen LogP contribution in [0.2, 0.25) is 0 Å². The van der Waals surface area contributed by atoms with Gasteiger partial charge in [0.15, 0.2) is 5.78 Å². The standard InChI is InChI=1S/C30H38N2O7/c1-7-11-22(33)20-16-31-26-19(25(20)32-21-14-9-8-12-18(21)2)13-10-15-23(26)38-30-29(37-6)28(36-5)27(35-4)24(39-30)17-34-3/h8-10,12-16,24,27-30H,7,11,17H2,1-6H3,(H,31,32)/t24-,27-,28+,29-,30-/m1/s1. The average Bonchev–Trinajstić information content (AvgIpc) is 2.94. The number of nitrogens with one attached hydrogen (secondary N) is 1. The Kier molecular flexibility index (Phi) is 9.88. The molecule has 0 bridgehead atoms. The molecule has 0 aliphatic carbocycles. The van der Waals surface area contributed by atoms with E-state index in [2.05, 4.69) is 10.3 Å². The SMILES string of the molecule is CCCC(=O)c1cnc2c(O[C@@H]3O[C@H](COC)[C@@H](OC)[C@H](OC)[C@H]3OC)cccc2c1Nc1ccccc1C. The Balaban J connectivity index is 1.77. The third-order valence-electron chi connectivity index (χ3n) is 7.02. The summed E-state index contributed by atoms with van der Waals surface area (Å²) in [5.74, 6) is 0.518. The van der Waals surface area contributed by atoms with Gasteiger partial charge in [-0.3, -0.25) is 9.78 Å². The normalized spacial score (nSPS) is 23.1. The van der Waals surface area contributed by atoms with Gasteiger partial charge in [-0.15, -0.1) is 0 Å². The maximum absolute atomic E-state index is 13.1. The van der Waals surface area contributed by atoms with Crippen LogP contribution >= 0.6 is 0 Å². The number of benzene rings is 2. The van der Waals surface area contributed by atoms with E-state index in [0.29, 0.717) is 28.9 Å². The molecule has 1 aliphatic rings. The molecule has 1 aromatic heterocycles. The number of nitrogens with zero attached hydrogens (tertiary/aromatic N) is 1. The predicted octanol–water partition coefficient (Wildman–Crippen LogP) is 5.06. The second-order valence-electron chi connectivity index (χ2n) is 9.53. The number of aromatic nitrogens is 1. The first kappa shape index (κ1) is 28.9. The fourth-order valence-electron chi connectivity index (χ4n) is 5.04. The van der Waals surface area contributed by atoms with Crippen molar-refractivity contribution in [3.8, 4) is 5.75 Å². The quantitative estimate of drug-likeness (QED) is 0.317. The number of ketones is 1. The monoisotopic (exact) mass is 538 g/mol. The number of Topliss-reactive ketones (excluding diaryl/α,β-unsaturated/α-hetero) is 1. The van der Waals surface area contributed by atoms with Crippen LogP contribution in [0.4, 0.5) is 11.4 Å². The molecule has 2 heterocycles. The van der Waals surface area contributed by atoms with E-state index in [1.165, 1.54) is 0 Å². The lowest BCUT2D eigenvalue weighted by molar-refractivity contribution is -0.292. The fourth-order valence-corrected chi connectivity index (χ4v) is 5.04. The van der Waals surface area contributed by atoms with Crippen molar-refractivity contribution in [3.63, 3.8) is 0 Å². The third kappa shape index (κ3) is 6.08. The van der Waals surface area contributed by atoms with Crippen molar-refractivity contribution in [3.05, 3.63) is 59.8 Å². The number of anilines is 2. The summed E-state index contributed by atoms with van der Waals surface area (Å²) < 4.78 is 35.3. The van der Waals surface area contributed by atoms with Crippen molar-refractivity contribution in [2.75, 3.05) is 40.4 Å². The van der Waals surface area contributed by atoms with Crippen LogP contribution in [0.15, 0.2) is 48.7 Å². The highest BCUT2D eigenvalue weighted by Gasteiger charge is 2.48. The summed E-state index contributed by atoms with van der Waals surface area (Å²) in [6.07, 6.45) is 0.0632. The number of rotatable bonds is 12. The molecular formula is C30H38N2O7. The minimum Gasteiger partial charge on any atom is -0.460 e. The number of para-hydroxylation sites is 2. The topological polar surface area (TPSA) is 97.4 Å². The Morgan fingerprint density at radius 2 is 1.72 bits per heavy atom. The molecule has 5 atom stereocenters. The molecule has 0 unspecified atom stereocenters. The molecule has 3 aromatic rings. The number of ether oxygens (including phenoxy) is 6. The van der Waals surface area contributed by atoms with Gasteiger partial charge in [-0.2, -0.15) is 0 Å². The van der Waals surface area contributed by atoms with Gasteiger partial charge in [0.1, 0.15) is 35.7 Å². The fraction of sp³-hybridized carbons (Fsp3) is 0.467. The van der Waals surface area contributed by atoms with Crippen LogP contribution in [-0.2, 0) is 23.7 Å². The molecule has 0 radical (unpaired) electrons. The first-order valence-electron chi connectivity index (χ1n) is 13.1. The number of carbonyl (C=O) groups is 1. The van der Waals surface area contributed by atoms with Gasteiger partial charge in [-0.05, 0) is 31.0 Å². The van der Waals surface area contributed by atoms with Crippen LogP contribution in [0.25, 0.3) is 10.9 Å². The van der Waals surface area contributed by atoms with Gasteiger partial charge in [0.2, 0.25) is 6.29 Å². The van der Waals surface area contributed by atoms with E-state index < -0.39 is 30.7 Å². The third-order valence-corrected chi connectivity index (χ3v) is 7.02. The van der Waals surface area contributed by atoms with E-state index in [4.69, 9.17) is 28.4 Å². The van der Waals surface area contributed by atoms with Gasteiger partial charge >= 0.3 is 0 Å². The highest BCUT2D eigenvalue weighted by Crippen LogP contribution is 2.37. The van der Waals surface area contributed by atoms with Crippen molar-refractivity contribution in [1.29, 1.82) is 0 Å². The van der Waals surface area contributed by atoms with Gasteiger partial charge in [-0.1, -0.05) is 37.3 Å². The Labute approximate surface area is 229 Å². The summed E-state index contributed by atoms with van der Waals surface area (Å²) in [7, 11) is 6.39. The predicted molar refractivity (Wildman–Crippen MR) is 149 cm³/mol. The number of fused-ring (bicyclic) bond motifs is 1. The van der Waals surface area contributed by atoms with Crippen molar-refractivity contribution in [2.45, 2.75) is 57.4 Å². The van der Waals surface area contributed by atoms with E-state index in [1.807, 2.05) is 56.3 Å². The van der Waals surface area contributed by atoms with Crippen molar-refractivity contribution >= 4 is 28.1 Å². The van der Waals surface area contributed by atoms with Gasteiger partial charge < -0.3 is 33.7 Å². The van der Waals surface area contributed by atoms with E-state index in [1.54, 1.807) is 34.6 Å². The molecule has 0 saturated carbocycles. The molecule has 1 fully saturated rings. The summed E-state index contributed by atoms with van der Waals surface area (Å²) >= 11 is 0. The number of aryl methyl sites for hydroxylation is 1. The molecular weight excluding hydrogens is 500 g/mol. The summed E-state index contributed by atoms with van der Waals surface area (Å²) in [6.45, 7) is 4.30. The first-order chi connectivity index (χ1) is 19.0. The second kappa shape index (κ2) is 13.3. The van der Waals surface area contributed by atoms with E-state index in [0.717, 1.165) is 23.1 Å². The lowest BCUT2D eigenvalue weighted by atomic mass is 9.98. The molecule has 210 valence electrons. The molecule has 4 rings (SSSR count). The zero-order chi connectivity index (χ0) is 27.9. The summed E-state index contributed by atoms with van der Waals surface area (Å²) in [5, 5.41) is 4.26. The number of methoxy groups -OCH3 is 4. The minimum absolute atomic E-state index is 0.0281. The number of pyridine rings is 1. The molecule has 9 nitrogen and oxygen atoms in total. The summed E-state index contributed by atoms with van der Waals surface area (Å²) in [4.78, 5) is 17.8. The van der Waals surface area contributed by atoms with Crippen LogP contribution in [0.1, 0.15) is 35.7 Å². The van der Waals surface area contributed by atoms with Crippen molar-refractivity contribution in [1.82, 2.24) is 4.98 Å². The van der Waals surface area contributed by atoms with Crippen LogP contribution in [-0.4, -0.2) is 76.5 Å². The van der Waals surface area contributed by atoms with Crippen molar-refractivity contribution < 1.29 is 33.2 Å². The number of hydrogen-bond donors (Lipinski definition) is 1. The van der Waals surface area contributed by atoms with Gasteiger partial charge in [0.25, 0.3) is 0 Å². The van der Waals surface area contributed by atoms with Crippen LogP contribution in [0.3, 0.4) is 0 Å². The highest BCUT2D eigenvalue weighted by molar-refractivity contribution is 6.09. The van der Waals surface area contributed by atoms with E-state index in [9.17, 15) is 4.79 Å². The Morgan fingerprint density at radius 3 is 2.38 bits per heavy atom. The molecule has 1 saturated heterocycles. The molecule has 39 heavy (non-hydrogen) atoms. The number of hydrogen-bond acceptors (Lipinski definition) is 9. The van der Waals surface area contributed by atoms with Crippen LogP contribution in [0, 0.1) is 6.92 Å². The maximum atomic E-state index is 13.1. The summed E-state index contributed by atoms with van der Waals surface area (Å²) in [6, 6.07) is 13.6. The highest BCUT2D eigenvalue weighted by atomic mass is 16.7. The van der Waals surface area contributed by atoms with E-state index >= 15 is 0 Å². The molecule has 1 N–H and O–H groups in total. The molecule has 0 amide bonds. The zero-order valence-corrected chi connectivity index (χ0v) is 23.4. The Morgan fingerprint density at radius 1 is 0.974 bits per heavy atom. The zero-order valence-electron chi connectivity index (χ0n) is 23.4. The Hall–Kier alpha value is -3.08. The summed E-state index contributed by atoms with van der Waals surface area (Å²) in [5.41, 5.74) is 3.79. The smallest absolute Gasteiger partial charge is 0.229 e. The first-order valence-corrected chi connectivity index (χ1v) is 13.1. The lowest BCUT2D eigenvalue weighted by Crippen LogP contribution is -2.62. The minimum atomic E-state index is -0.826. The van der Waals surface area contributed by atoms with Gasteiger partial charge in [0, 0.05) is 52.1 Å².